The van der Waals surface area contributed by atoms with Gasteiger partial charge < -0.3 is 19.4 Å². The molecule has 3 aromatic rings. The van der Waals surface area contributed by atoms with Gasteiger partial charge in [-0.2, -0.15) is 0 Å². The summed E-state index contributed by atoms with van der Waals surface area (Å²) in [6.07, 6.45) is 8.35. The van der Waals surface area contributed by atoms with Gasteiger partial charge in [-0.15, -0.1) is 0 Å². The van der Waals surface area contributed by atoms with Crippen molar-refractivity contribution in [3.05, 3.63) is 65.5 Å². The summed E-state index contributed by atoms with van der Waals surface area (Å²) >= 11 is 0. The standard InChI is InChI=1S/C33H43N3O3/c1-22(2)32(37)39-33(21-25-14-15-26(33)20-27(25)24-10-7-6-8-11-24)17-19-36(4)18-9-12-29-34-30-23(3)13-16-28(38-5)31(30)35-29/h6-8,10-11,13,16,20,22,25-26H,9,12,14-15,17-19,21H2,1-5H3,(H,34,35). The number of nitrogens with zero attached hydrogens (tertiary/aromatic N) is 2. The number of methoxy groups -OCH3 is 1. The number of aromatic nitrogens is 2. The summed E-state index contributed by atoms with van der Waals surface area (Å²) in [4.78, 5) is 23.6. The molecule has 3 aliphatic rings. The van der Waals surface area contributed by atoms with Gasteiger partial charge in [-0.1, -0.05) is 56.3 Å². The van der Waals surface area contributed by atoms with Gasteiger partial charge in [0.1, 0.15) is 22.7 Å². The average Bonchev–Trinajstić information content (AvgIpc) is 3.38. The Morgan fingerprint density at radius 3 is 2.64 bits per heavy atom. The lowest BCUT2D eigenvalue weighted by Crippen LogP contribution is -2.51. The quantitative estimate of drug-likeness (QED) is 0.284. The summed E-state index contributed by atoms with van der Waals surface area (Å²) in [5.74, 6) is 2.34. The van der Waals surface area contributed by atoms with E-state index in [1.165, 1.54) is 17.6 Å². The van der Waals surface area contributed by atoms with Gasteiger partial charge >= 0.3 is 5.97 Å². The van der Waals surface area contributed by atoms with Crippen molar-refractivity contribution >= 4 is 22.6 Å². The second-order valence-corrected chi connectivity index (χ2v) is 11.9. The van der Waals surface area contributed by atoms with Gasteiger partial charge in [0.25, 0.3) is 0 Å². The molecule has 208 valence electrons. The van der Waals surface area contributed by atoms with E-state index in [-0.39, 0.29) is 17.8 Å². The van der Waals surface area contributed by atoms with Crippen LogP contribution in [0.4, 0.5) is 0 Å². The number of aromatic amines is 1. The highest BCUT2D eigenvalue weighted by molar-refractivity contribution is 5.84. The number of allylic oxidation sites excluding steroid dienone is 1. The van der Waals surface area contributed by atoms with E-state index in [0.29, 0.717) is 5.92 Å². The number of hydrogen-bond acceptors (Lipinski definition) is 5. The van der Waals surface area contributed by atoms with Gasteiger partial charge in [0, 0.05) is 25.3 Å². The van der Waals surface area contributed by atoms with Gasteiger partial charge in [-0.25, -0.2) is 4.98 Å². The highest BCUT2D eigenvalue weighted by Crippen LogP contribution is 2.53. The fourth-order valence-electron chi connectivity index (χ4n) is 6.45. The smallest absolute Gasteiger partial charge is 0.308 e. The summed E-state index contributed by atoms with van der Waals surface area (Å²) in [6.45, 7) is 7.81. The third-order valence-corrected chi connectivity index (χ3v) is 8.74. The van der Waals surface area contributed by atoms with Crippen LogP contribution in [0.25, 0.3) is 16.6 Å². The minimum absolute atomic E-state index is 0.0736. The summed E-state index contributed by atoms with van der Waals surface area (Å²) < 4.78 is 11.9. The first-order valence-electron chi connectivity index (χ1n) is 14.5. The minimum Gasteiger partial charge on any atom is -0.494 e. The van der Waals surface area contributed by atoms with Crippen molar-refractivity contribution in [3.8, 4) is 5.75 Å². The average molecular weight is 530 g/mol. The molecule has 2 aromatic carbocycles. The molecule has 2 bridgehead atoms. The molecule has 6 heteroatoms. The van der Waals surface area contributed by atoms with Crippen LogP contribution in [0, 0.1) is 24.7 Å². The zero-order valence-corrected chi connectivity index (χ0v) is 24.1. The Bertz CT molecular complexity index is 1330. The third kappa shape index (κ3) is 5.76. The summed E-state index contributed by atoms with van der Waals surface area (Å²) in [5.41, 5.74) is 5.45. The first kappa shape index (κ1) is 27.4. The van der Waals surface area contributed by atoms with Crippen LogP contribution >= 0.6 is 0 Å². The van der Waals surface area contributed by atoms with Crippen LogP contribution in [0.2, 0.25) is 0 Å². The number of ether oxygens (including phenoxy) is 2. The SMILES string of the molecule is COc1ccc(C)c2nc(CCCN(C)CCC3(OC(=O)C(C)C)CC4CCC3C=C4c3ccccc3)[nH]c12. The molecule has 0 radical (unpaired) electrons. The predicted octanol–water partition coefficient (Wildman–Crippen LogP) is 6.59. The van der Waals surface area contributed by atoms with Gasteiger partial charge in [-0.3, -0.25) is 4.79 Å². The molecule has 1 aromatic heterocycles. The lowest BCUT2D eigenvalue weighted by molar-refractivity contribution is -0.176. The van der Waals surface area contributed by atoms with E-state index < -0.39 is 5.60 Å². The number of nitrogens with one attached hydrogen (secondary N) is 1. The molecular weight excluding hydrogens is 486 g/mol. The zero-order chi connectivity index (χ0) is 27.6. The molecule has 1 N–H and O–H groups in total. The number of fused-ring (bicyclic) bond motifs is 3. The molecule has 3 aliphatic carbocycles. The van der Waals surface area contributed by atoms with Gasteiger partial charge in [-0.05, 0) is 74.9 Å². The Morgan fingerprint density at radius 1 is 1.15 bits per heavy atom. The van der Waals surface area contributed by atoms with E-state index in [9.17, 15) is 4.79 Å². The fraction of sp³-hybridized carbons (Fsp3) is 0.515. The Kier molecular flexibility index (Phi) is 8.13. The zero-order valence-electron chi connectivity index (χ0n) is 24.1. The highest BCUT2D eigenvalue weighted by atomic mass is 16.6. The third-order valence-electron chi connectivity index (χ3n) is 8.74. The van der Waals surface area contributed by atoms with Crippen molar-refractivity contribution in [2.45, 2.75) is 64.9 Å². The maximum absolute atomic E-state index is 12.9. The van der Waals surface area contributed by atoms with Crippen LogP contribution in [0.1, 0.15) is 62.9 Å². The summed E-state index contributed by atoms with van der Waals surface area (Å²) in [5, 5.41) is 0. The van der Waals surface area contributed by atoms with Crippen LogP contribution in [-0.4, -0.2) is 53.7 Å². The van der Waals surface area contributed by atoms with Gasteiger partial charge in [0.15, 0.2) is 0 Å². The van der Waals surface area contributed by atoms with E-state index in [2.05, 4.69) is 66.3 Å². The van der Waals surface area contributed by atoms with E-state index in [4.69, 9.17) is 14.5 Å². The van der Waals surface area contributed by atoms with Crippen molar-refractivity contribution in [1.82, 2.24) is 14.9 Å². The molecule has 0 saturated heterocycles. The molecule has 3 atom stereocenters. The molecule has 1 heterocycles. The van der Waals surface area contributed by atoms with Crippen LogP contribution in [0.3, 0.4) is 0 Å². The molecule has 1 saturated carbocycles. The number of esters is 1. The van der Waals surface area contributed by atoms with E-state index in [1.807, 2.05) is 19.9 Å². The van der Waals surface area contributed by atoms with Crippen molar-refractivity contribution in [1.29, 1.82) is 0 Å². The lowest BCUT2D eigenvalue weighted by Gasteiger charge is -2.50. The van der Waals surface area contributed by atoms with Crippen LogP contribution < -0.4 is 4.74 Å². The molecule has 0 amide bonds. The Hall–Kier alpha value is -3.12. The number of benzene rings is 2. The topological polar surface area (TPSA) is 67.5 Å². The number of carbonyl (C=O) groups is 1. The van der Waals surface area contributed by atoms with Crippen LogP contribution in [-0.2, 0) is 16.0 Å². The van der Waals surface area contributed by atoms with Gasteiger partial charge in [0.2, 0.25) is 0 Å². The number of aryl methyl sites for hydroxylation is 2. The predicted molar refractivity (Wildman–Crippen MR) is 157 cm³/mol. The first-order valence-corrected chi connectivity index (χ1v) is 14.5. The number of hydrogen-bond donors (Lipinski definition) is 1. The molecule has 39 heavy (non-hydrogen) atoms. The Morgan fingerprint density at radius 2 is 1.95 bits per heavy atom. The van der Waals surface area contributed by atoms with Gasteiger partial charge in [0.05, 0.1) is 18.5 Å². The molecular formula is C33H43N3O3. The molecule has 0 aliphatic heterocycles. The second kappa shape index (κ2) is 11.5. The Labute approximate surface area is 232 Å². The molecule has 3 unspecified atom stereocenters. The normalized spacial score (nSPS) is 22.5. The maximum atomic E-state index is 12.9. The Balaban J connectivity index is 1.23. The second-order valence-electron chi connectivity index (χ2n) is 11.9. The van der Waals surface area contributed by atoms with Crippen molar-refractivity contribution < 1.29 is 14.3 Å². The number of H-pyrrole nitrogens is 1. The monoisotopic (exact) mass is 529 g/mol. The van der Waals surface area contributed by atoms with E-state index in [1.54, 1.807) is 7.11 Å². The molecule has 6 rings (SSSR count). The maximum Gasteiger partial charge on any atom is 0.308 e. The van der Waals surface area contributed by atoms with Crippen molar-refractivity contribution in [2.75, 3.05) is 27.2 Å². The summed E-state index contributed by atoms with van der Waals surface area (Å²) in [7, 11) is 3.87. The van der Waals surface area contributed by atoms with Crippen molar-refractivity contribution in [3.63, 3.8) is 0 Å². The highest BCUT2D eigenvalue weighted by Gasteiger charge is 2.50. The fourth-order valence-corrected chi connectivity index (χ4v) is 6.45. The van der Waals surface area contributed by atoms with Crippen molar-refractivity contribution in [2.24, 2.45) is 17.8 Å². The number of carbonyl (C=O) groups excluding carboxylic acids is 1. The molecule has 6 nitrogen and oxygen atoms in total. The molecule has 1 fully saturated rings. The number of rotatable bonds is 11. The molecule has 0 spiro atoms. The summed E-state index contributed by atoms with van der Waals surface area (Å²) in [6, 6.07) is 14.8. The lowest BCUT2D eigenvalue weighted by atomic mass is 9.60. The minimum atomic E-state index is -0.413. The van der Waals surface area contributed by atoms with E-state index >= 15 is 0 Å². The largest absolute Gasteiger partial charge is 0.494 e. The first-order chi connectivity index (χ1) is 18.8. The van der Waals surface area contributed by atoms with Crippen LogP contribution in [0.15, 0.2) is 48.5 Å². The van der Waals surface area contributed by atoms with E-state index in [0.717, 1.165) is 73.4 Å². The number of imidazole rings is 1. The van der Waals surface area contributed by atoms with Crippen LogP contribution in [0.5, 0.6) is 5.75 Å².